The van der Waals surface area contributed by atoms with E-state index < -0.39 is 0 Å². The van der Waals surface area contributed by atoms with E-state index in [1.54, 1.807) is 12.0 Å². The maximum Gasteiger partial charge on any atom is 0.256 e. The fourth-order valence-electron chi connectivity index (χ4n) is 5.52. The van der Waals surface area contributed by atoms with Gasteiger partial charge in [-0.2, -0.15) is 0 Å². The highest BCUT2D eigenvalue weighted by molar-refractivity contribution is 6.37. The normalized spacial score (nSPS) is 16.3. The molecule has 202 valence electrons. The molecule has 2 aromatic carbocycles. The Morgan fingerprint density at radius 2 is 2.00 bits per heavy atom. The number of methoxy groups -OCH3 is 1. The topological polar surface area (TPSA) is 76.7 Å². The number of benzene rings is 2. The average molecular weight is 566 g/mol. The number of aromatic amines is 1. The van der Waals surface area contributed by atoms with Gasteiger partial charge in [0.15, 0.2) is 0 Å². The van der Waals surface area contributed by atoms with Crippen molar-refractivity contribution in [2.75, 3.05) is 26.9 Å². The smallest absolute Gasteiger partial charge is 0.256 e. The number of pyridine rings is 1. The van der Waals surface area contributed by atoms with Gasteiger partial charge in [-0.15, -0.1) is 0 Å². The molecule has 39 heavy (non-hydrogen) atoms. The van der Waals surface area contributed by atoms with Gasteiger partial charge in [0.25, 0.3) is 5.91 Å². The van der Waals surface area contributed by atoms with Gasteiger partial charge >= 0.3 is 0 Å². The highest BCUT2D eigenvalue weighted by Crippen LogP contribution is 2.42. The fourth-order valence-corrected chi connectivity index (χ4v) is 6.18. The van der Waals surface area contributed by atoms with E-state index in [9.17, 15) is 4.79 Å². The standard InChI is InChI=1S/C30H29Cl2N3O4/c1-17-27-20(8-10-33-27)23(29(34-17)39-14-18-6-4-3-5-7-18)13-35-11-9-21-24(31)12-22(26(32)25(21)30(35)36)28(37-2)19-15-38-16-19/h3-8,10,12,19,28,33H,9,11,13-16H2,1-2H3. The van der Waals surface area contributed by atoms with E-state index in [-0.39, 0.29) is 17.9 Å². The molecule has 4 heterocycles. The Balaban J connectivity index is 1.35. The first kappa shape index (κ1) is 26.1. The van der Waals surface area contributed by atoms with Crippen molar-refractivity contribution in [3.63, 3.8) is 0 Å². The molecule has 1 N–H and O–H groups in total. The van der Waals surface area contributed by atoms with Crippen LogP contribution >= 0.6 is 23.2 Å². The summed E-state index contributed by atoms with van der Waals surface area (Å²) in [4.78, 5) is 23.8. The van der Waals surface area contributed by atoms with Crippen LogP contribution in [-0.2, 0) is 29.0 Å². The van der Waals surface area contributed by atoms with Gasteiger partial charge in [-0.05, 0) is 36.6 Å². The third-order valence-corrected chi connectivity index (χ3v) is 8.40. The van der Waals surface area contributed by atoms with Crippen molar-refractivity contribution in [1.82, 2.24) is 14.9 Å². The summed E-state index contributed by atoms with van der Waals surface area (Å²) in [5, 5.41) is 1.92. The van der Waals surface area contributed by atoms with Crippen molar-refractivity contribution in [3.8, 4) is 5.88 Å². The van der Waals surface area contributed by atoms with Gasteiger partial charge < -0.3 is 24.1 Å². The van der Waals surface area contributed by atoms with Crippen LogP contribution in [0.4, 0.5) is 0 Å². The van der Waals surface area contributed by atoms with Gasteiger partial charge in [0.05, 0.1) is 47.7 Å². The van der Waals surface area contributed by atoms with Crippen LogP contribution in [0.25, 0.3) is 10.9 Å². The maximum atomic E-state index is 14.0. The number of H-pyrrole nitrogens is 1. The summed E-state index contributed by atoms with van der Waals surface area (Å²) in [5.74, 6) is 0.522. The third kappa shape index (κ3) is 4.78. The molecule has 2 aliphatic rings. The summed E-state index contributed by atoms with van der Waals surface area (Å²) in [5.41, 5.74) is 5.61. The molecule has 0 saturated carbocycles. The average Bonchev–Trinajstić information content (AvgIpc) is 3.41. The number of aryl methyl sites for hydroxylation is 1. The molecule has 1 fully saturated rings. The second kappa shape index (κ2) is 10.8. The van der Waals surface area contributed by atoms with E-state index in [0.717, 1.165) is 38.9 Å². The zero-order valence-electron chi connectivity index (χ0n) is 21.8. The molecule has 0 aliphatic carbocycles. The second-order valence-corrected chi connectivity index (χ2v) is 10.9. The van der Waals surface area contributed by atoms with Crippen LogP contribution < -0.4 is 4.74 Å². The Hall–Kier alpha value is -3.10. The first-order chi connectivity index (χ1) is 19.0. The first-order valence-corrected chi connectivity index (χ1v) is 13.8. The number of rotatable bonds is 8. The van der Waals surface area contributed by atoms with Gasteiger partial charge in [-0.1, -0.05) is 53.5 Å². The number of hydrogen-bond donors (Lipinski definition) is 1. The third-order valence-electron chi connectivity index (χ3n) is 7.66. The molecule has 6 rings (SSSR count). The van der Waals surface area contributed by atoms with E-state index in [1.807, 2.05) is 55.6 Å². The summed E-state index contributed by atoms with van der Waals surface area (Å²) < 4.78 is 17.4. The molecule has 1 unspecified atom stereocenters. The Morgan fingerprint density at radius 3 is 2.72 bits per heavy atom. The van der Waals surface area contributed by atoms with Gasteiger partial charge in [-0.25, -0.2) is 4.98 Å². The molecular formula is C30H29Cl2N3O4. The van der Waals surface area contributed by atoms with Crippen molar-refractivity contribution in [2.24, 2.45) is 5.92 Å². The zero-order chi connectivity index (χ0) is 27.1. The van der Waals surface area contributed by atoms with Crippen LogP contribution in [0.5, 0.6) is 5.88 Å². The second-order valence-electron chi connectivity index (χ2n) is 10.1. The molecule has 1 amide bonds. The predicted molar refractivity (Wildman–Crippen MR) is 151 cm³/mol. The Kier molecular flexibility index (Phi) is 7.25. The molecular weight excluding hydrogens is 537 g/mol. The fraction of sp³-hybridized carbons (Fsp3) is 0.333. The van der Waals surface area contributed by atoms with Crippen molar-refractivity contribution in [3.05, 3.63) is 92.2 Å². The van der Waals surface area contributed by atoms with Crippen LogP contribution in [0.15, 0.2) is 48.7 Å². The number of fused-ring (bicyclic) bond motifs is 2. The molecule has 2 aliphatic heterocycles. The minimum atomic E-state index is -0.295. The lowest BCUT2D eigenvalue weighted by Crippen LogP contribution is -2.38. The van der Waals surface area contributed by atoms with Crippen molar-refractivity contribution >= 4 is 40.0 Å². The number of ether oxygens (including phenoxy) is 3. The molecule has 0 radical (unpaired) electrons. The zero-order valence-corrected chi connectivity index (χ0v) is 23.3. The van der Waals surface area contributed by atoms with Crippen LogP contribution in [0.1, 0.15) is 44.4 Å². The summed E-state index contributed by atoms with van der Waals surface area (Å²) >= 11 is 13.7. The molecule has 7 nitrogen and oxygen atoms in total. The summed E-state index contributed by atoms with van der Waals surface area (Å²) in [6.45, 7) is 4.32. The molecule has 4 aromatic rings. The van der Waals surface area contributed by atoms with Gasteiger partial charge in [-0.3, -0.25) is 4.79 Å². The Morgan fingerprint density at radius 1 is 1.21 bits per heavy atom. The Labute approximate surface area is 237 Å². The largest absolute Gasteiger partial charge is 0.473 e. The van der Waals surface area contributed by atoms with E-state index in [0.29, 0.717) is 60.8 Å². The van der Waals surface area contributed by atoms with Gasteiger partial charge in [0, 0.05) is 47.3 Å². The minimum absolute atomic E-state index is 0.164. The van der Waals surface area contributed by atoms with E-state index >= 15 is 0 Å². The lowest BCUT2D eigenvalue weighted by molar-refractivity contribution is -0.105. The molecule has 9 heteroatoms. The molecule has 0 bridgehead atoms. The van der Waals surface area contributed by atoms with Gasteiger partial charge in [0.2, 0.25) is 5.88 Å². The van der Waals surface area contributed by atoms with Crippen molar-refractivity contribution in [1.29, 1.82) is 0 Å². The molecule has 1 atom stereocenters. The molecule has 2 aromatic heterocycles. The van der Waals surface area contributed by atoms with Crippen molar-refractivity contribution in [2.45, 2.75) is 32.6 Å². The van der Waals surface area contributed by atoms with E-state index in [4.69, 9.17) is 42.4 Å². The quantitative estimate of drug-likeness (QED) is 0.271. The predicted octanol–water partition coefficient (Wildman–Crippen LogP) is 6.29. The lowest BCUT2D eigenvalue weighted by atomic mass is 9.89. The number of nitrogens with one attached hydrogen (secondary N) is 1. The molecule has 1 saturated heterocycles. The summed E-state index contributed by atoms with van der Waals surface area (Å²) in [7, 11) is 1.64. The highest BCUT2D eigenvalue weighted by Gasteiger charge is 2.36. The SMILES string of the molecule is COC(c1cc(Cl)c2c(c1Cl)C(=O)N(Cc1c(OCc3ccccc3)nc(C)c3[nH]ccc13)CC2)C1COC1. The lowest BCUT2D eigenvalue weighted by Gasteiger charge is -2.35. The first-order valence-electron chi connectivity index (χ1n) is 13.0. The number of halogens is 2. The van der Waals surface area contributed by atoms with E-state index in [1.165, 1.54) is 0 Å². The minimum Gasteiger partial charge on any atom is -0.473 e. The van der Waals surface area contributed by atoms with Crippen LogP contribution in [-0.4, -0.2) is 47.6 Å². The number of carbonyl (C=O) groups excluding carboxylic acids is 1. The Bertz CT molecular complexity index is 1530. The van der Waals surface area contributed by atoms with E-state index in [2.05, 4.69) is 4.98 Å². The highest BCUT2D eigenvalue weighted by atomic mass is 35.5. The number of amides is 1. The monoisotopic (exact) mass is 565 g/mol. The van der Waals surface area contributed by atoms with Crippen LogP contribution in [0, 0.1) is 12.8 Å². The number of carbonyl (C=O) groups is 1. The van der Waals surface area contributed by atoms with Crippen LogP contribution in [0.3, 0.4) is 0 Å². The number of nitrogens with zero attached hydrogens (tertiary/aromatic N) is 2. The van der Waals surface area contributed by atoms with Crippen molar-refractivity contribution < 1.29 is 19.0 Å². The summed E-state index contributed by atoms with van der Waals surface area (Å²) in [6.07, 6.45) is 2.19. The maximum absolute atomic E-state index is 14.0. The number of hydrogen-bond acceptors (Lipinski definition) is 5. The summed E-state index contributed by atoms with van der Waals surface area (Å²) in [6, 6.07) is 13.8. The number of aromatic nitrogens is 2. The molecule has 0 spiro atoms. The van der Waals surface area contributed by atoms with Gasteiger partial charge in [0.1, 0.15) is 6.61 Å². The van der Waals surface area contributed by atoms with Crippen LogP contribution in [0.2, 0.25) is 10.0 Å².